The number of anilines is 1. The molecule has 0 aromatic heterocycles. The van der Waals surface area contributed by atoms with E-state index in [0.717, 1.165) is 45.2 Å². The third-order valence-electron chi connectivity index (χ3n) is 8.78. The van der Waals surface area contributed by atoms with Crippen LogP contribution in [0.5, 0.6) is 11.5 Å². The summed E-state index contributed by atoms with van der Waals surface area (Å²) in [6.07, 6.45) is 14.8. The van der Waals surface area contributed by atoms with E-state index in [1.54, 1.807) is 19.5 Å². The van der Waals surface area contributed by atoms with Gasteiger partial charge >= 0.3 is 0 Å². The van der Waals surface area contributed by atoms with Crippen molar-refractivity contribution in [2.45, 2.75) is 75.5 Å². The molecule has 6 rings (SSSR count). The Kier molecular flexibility index (Phi) is 16.6. The smallest absolute Gasteiger partial charge is 0.130 e. The van der Waals surface area contributed by atoms with Crippen LogP contribution in [0.15, 0.2) is 91.0 Å². The Bertz CT molecular complexity index is 1590. The Hall–Kier alpha value is -2.72. The molecule has 48 heavy (non-hydrogen) atoms. The number of nitrogens with two attached hydrogens (primary N) is 1. The van der Waals surface area contributed by atoms with Crippen LogP contribution < -0.4 is 20.5 Å². The van der Waals surface area contributed by atoms with Gasteiger partial charge in [0.1, 0.15) is 11.5 Å². The molecule has 9 heteroatoms. The average molecular weight is 780 g/mol. The van der Waals surface area contributed by atoms with Crippen LogP contribution >= 0.6 is 7.92 Å². The maximum atomic E-state index is 9.08. The molecule has 2 N–H and O–H groups in total. The zero-order valence-electron chi connectivity index (χ0n) is 28.2. The molecule has 0 spiro atoms. The normalized spacial score (nSPS) is 15.2. The van der Waals surface area contributed by atoms with Gasteiger partial charge in [0.2, 0.25) is 0 Å². The predicted molar refractivity (Wildman–Crippen MR) is 196 cm³/mol. The van der Waals surface area contributed by atoms with Crippen molar-refractivity contribution >= 4 is 29.0 Å². The first kappa shape index (κ1) is 39.7. The van der Waals surface area contributed by atoms with Gasteiger partial charge in [-0.2, -0.15) is 0 Å². The van der Waals surface area contributed by atoms with E-state index in [4.69, 9.17) is 28.2 Å². The Balaban J connectivity index is 0.000000272. The average Bonchev–Trinajstić information content (AvgIpc) is 3.09. The molecule has 2 aliphatic rings. The molecular formula is C39H48NO5PPdS-. The van der Waals surface area contributed by atoms with Gasteiger partial charge < -0.3 is 19.8 Å². The van der Waals surface area contributed by atoms with E-state index in [1.807, 2.05) is 54.6 Å². The minimum absolute atomic E-state index is 0. The number of para-hydroxylation sites is 1. The van der Waals surface area contributed by atoms with E-state index in [-0.39, 0.29) is 28.3 Å². The molecule has 4 aromatic carbocycles. The van der Waals surface area contributed by atoms with Crippen LogP contribution in [0.4, 0.5) is 5.69 Å². The topological polar surface area (TPSA) is 102 Å². The summed E-state index contributed by atoms with van der Waals surface area (Å²) in [5.41, 5.74) is 12.9. The number of rotatable bonds is 7. The van der Waals surface area contributed by atoms with E-state index in [2.05, 4.69) is 42.5 Å². The van der Waals surface area contributed by atoms with Gasteiger partial charge in [0, 0.05) is 37.9 Å². The third-order valence-corrected chi connectivity index (χ3v) is 12.3. The second-order valence-electron chi connectivity index (χ2n) is 12.1. The second kappa shape index (κ2) is 20.1. The van der Waals surface area contributed by atoms with Crippen LogP contribution in [0.1, 0.15) is 64.2 Å². The quantitative estimate of drug-likeness (QED) is 0.0870. The van der Waals surface area contributed by atoms with Crippen LogP contribution in [0.2, 0.25) is 0 Å². The van der Waals surface area contributed by atoms with E-state index >= 15 is 0 Å². The van der Waals surface area contributed by atoms with Crippen LogP contribution in [-0.2, 0) is 30.5 Å². The van der Waals surface area contributed by atoms with Gasteiger partial charge in [-0.05, 0) is 77.7 Å². The Morgan fingerprint density at radius 2 is 1.19 bits per heavy atom. The van der Waals surface area contributed by atoms with Crippen molar-refractivity contribution in [3.8, 4) is 33.8 Å². The SMILES string of the molecule is COc1cccc(OC)c1-c1ccccc1P(C1CCCCC1)C1CCCCC1.CS(=O)(=O)[O-].Nc1ccccc1-c1[c]cccc1.[Pd]. The fraction of sp³-hybridized carbons (Fsp3) is 0.385. The number of benzene rings is 4. The van der Waals surface area contributed by atoms with Crippen molar-refractivity contribution in [1.82, 2.24) is 0 Å². The molecular weight excluding hydrogens is 732 g/mol. The molecule has 0 atom stereocenters. The summed E-state index contributed by atoms with van der Waals surface area (Å²) in [7, 11) is -0.559. The number of nitrogen functional groups attached to an aromatic ring is 1. The molecule has 2 aliphatic carbocycles. The van der Waals surface area contributed by atoms with Gasteiger partial charge in [0.25, 0.3) is 0 Å². The minimum Gasteiger partial charge on any atom is -0.748 e. The van der Waals surface area contributed by atoms with Crippen molar-refractivity contribution in [3.63, 3.8) is 0 Å². The molecule has 0 heterocycles. The van der Waals surface area contributed by atoms with Crippen LogP contribution in [-0.4, -0.2) is 44.8 Å². The summed E-state index contributed by atoms with van der Waals surface area (Å²) in [6, 6.07) is 34.1. The zero-order valence-corrected chi connectivity index (χ0v) is 31.4. The first-order valence-electron chi connectivity index (χ1n) is 16.5. The van der Waals surface area contributed by atoms with Gasteiger partial charge in [-0.1, -0.05) is 119 Å². The first-order chi connectivity index (χ1) is 22.7. The van der Waals surface area contributed by atoms with Gasteiger partial charge in [-0.3, -0.25) is 0 Å². The van der Waals surface area contributed by atoms with E-state index in [9.17, 15) is 0 Å². The number of hydrogen-bond donors (Lipinski definition) is 1. The van der Waals surface area contributed by atoms with Crippen LogP contribution in [0, 0.1) is 6.07 Å². The zero-order chi connectivity index (χ0) is 33.6. The fourth-order valence-electron chi connectivity index (χ4n) is 6.74. The van der Waals surface area contributed by atoms with E-state index < -0.39 is 10.1 Å². The van der Waals surface area contributed by atoms with Gasteiger partial charge in [-0.15, -0.1) is 0 Å². The molecule has 0 unspecified atom stereocenters. The predicted octanol–water partition coefficient (Wildman–Crippen LogP) is 9.04. The first-order valence-corrected chi connectivity index (χ1v) is 19.8. The molecule has 261 valence electrons. The second-order valence-corrected chi connectivity index (χ2v) is 16.3. The summed E-state index contributed by atoms with van der Waals surface area (Å²) in [5.74, 6) is 1.83. The van der Waals surface area contributed by atoms with Gasteiger partial charge in [0.15, 0.2) is 0 Å². The number of methoxy groups -OCH3 is 2. The Morgan fingerprint density at radius 3 is 1.67 bits per heavy atom. The van der Waals surface area contributed by atoms with Gasteiger partial charge in [-0.25, -0.2) is 8.42 Å². The summed E-state index contributed by atoms with van der Waals surface area (Å²) in [4.78, 5) is 0. The van der Waals surface area contributed by atoms with Crippen LogP contribution in [0.3, 0.4) is 0 Å². The molecule has 0 saturated heterocycles. The fourth-order valence-corrected chi connectivity index (χ4v) is 10.7. The molecule has 6 nitrogen and oxygen atoms in total. The number of hydrogen-bond acceptors (Lipinski definition) is 6. The largest absolute Gasteiger partial charge is 0.748 e. The van der Waals surface area contributed by atoms with E-state index in [0.29, 0.717) is 6.26 Å². The Labute approximate surface area is 303 Å². The molecule has 4 aromatic rings. The third kappa shape index (κ3) is 11.7. The van der Waals surface area contributed by atoms with E-state index in [1.165, 1.54) is 69.8 Å². The minimum atomic E-state index is -3.92. The molecule has 2 saturated carbocycles. The maximum Gasteiger partial charge on any atom is 0.130 e. The maximum absolute atomic E-state index is 9.08. The van der Waals surface area contributed by atoms with Crippen molar-refractivity contribution in [2.75, 3.05) is 26.2 Å². The monoisotopic (exact) mass is 779 g/mol. The molecule has 0 amide bonds. The molecule has 1 radical (unpaired) electrons. The standard InChI is InChI=1S/C26H35O2P.C12H10N.CH4O3S.Pd/c1-27-23-17-11-18-24(28-2)26(23)22-16-9-10-19-25(22)29(20-12-5-3-6-13-20)21-14-7-4-8-15-21;13-12-9-5-4-8-11(12)10-6-2-1-3-7-10;1-5(2,3)4;/h9-11,16-21H,3-8,12-15H2,1-2H3;1-6,8-9H,13H2;1H3,(H,2,3,4);/p-1. The Morgan fingerprint density at radius 1 is 0.708 bits per heavy atom. The summed E-state index contributed by atoms with van der Waals surface area (Å²) in [5, 5.41) is 1.59. The summed E-state index contributed by atoms with van der Waals surface area (Å²) >= 11 is 0. The summed E-state index contributed by atoms with van der Waals surface area (Å²) < 4.78 is 38.8. The van der Waals surface area contributed by atoms with Crippen molar-refractivity contribution < 1.29 is 42.9 Å². The molecule has 0 aliphatic heterocycles. The number of ether oxygens (including phenoxy) is 2. The van der Waals surface area contributed by atoms with Crippen molar-refractivity contribution in [2.24, 2.45) is 0 Å². The summed E-state index contributed by atoms with van der Waals surface area (Å²) in [6.45, 7) is 0. The van der Waals surface area contributed by atoms with Crippen molar-refractivity contribution in [3.05, 3.63) is 97.1 Å². The molecule has 0 bridgehead atoms. The van der Waals surface area contributed by atoms with Crippen LogP contribution in [0.25, 0.3) is 22.3 Å². The van der Waals surface area contributed by atoms with Crippen molar-refractivity contribution in [1.29, 1.82) is 0 Å². The molecule has 2 fully saturated rings. The van der Waals surface area contributed by atoms with Gasteiger partial charge in [0.05, 0.1) is 29.9 Å².